The number of imidazole rings is 1. The van der Waals surface area contributed by atoms with E-state index >= 15 is 0 Å². The fourth-order valence-corrected chi connectivity index (χ4v) is 3.65. The molecule has 0 radical (unpaired) electrons. The summed E-state index contributed by atoms with van der Waals surface area (Å²) in [7, 11) is -0.1000. The van der Waals surface area contributed by atoms with Crippen molar-refractivity contribution in [1.29, 1.82) is 0 Å². The molecule has 2 aromatic carbocycles. The Morgan fingerprint density at radius 3 is 2.79 bits per heavy atom. The lowest BCUT2D eigenvalue weighted by atomic mass is 10.1. The first kappa shape index (κ1) is 16.5. The van der Waals surface area contributed by atoms with Gasteiger partial charge in [-0.3, -0.25) is 0 Å². The lowest BCUT2D eigenvalue weighted by Gasteiger charge is -2.10. The zero-order chi connectivity index (χ0) is 17.2. The Hall–Kier alpha value is -2.38. The molecule has 0 saturated heterocycles. The molecule has 1 heterocycles. The molecule has 1 aromatic heterocycles. The van der Waals surface area contributed by atoms with Crippen molar-refractivity contribution in [3.8, 4) is 5.75 Å². The quantitative estimate of drug-likeness (QED) is 0.742. The first-order valence-corrected chi connectivity index (χ1v) is 9.02. The lowest BCUT2D eigenvalue weighted by Crippen LogP contribution is -2.26. The molecule has 24 heavy (non-hydrogen) atoms. The van der Waals surface area contributed by atoms with E-state index in [4.69, 9.17) is 4.74 Å². The predicted molar refractivity (Wildman–Crippen MR) is 92.6 cm³/mol. The van der Waals surface area contributed by atoms with Gasteiger partial charge >= 0.3 is 0 Å². The number of hydrogen-bond acceptors (Lipinski definition) is 4. The van der Waals surface area contributed by atoms with Gasteiger partial charge in [-0.05, 0) is 36.2 Å². The Labute approximate surface area is 141 Å². The first-order chi connectivity index (χ1) is 11.5. The average molecular weight is 345 g/mol. The number of aromatic nitrogens is 2. The molecule has 6 nitrogen and oxygen atoms in total. The summed E-state index contributed by atoms with van der Waals surface area (Å²) in [6.07, 6.45) is 2.21. The summed E-state index contributed by atoms with van der Waals surface area (Å²) < 4.78 is 34.7. The van der Waals surface area contributed by atoms with Crippen molar-refractivity contribution in [3.05, 3.63) is 54.4 Å². The first-order valence-electron chi connectivity index (χ1n) is 7.54. The van der Waals surface area contributed by atoms with Gasteiger partial charge in [-0.25, -0.2) is 18.1 Å². The molecule has 0 unspecified atom stereocenters. The van der Waals surface area contributed by atoms with Crippen molar-refractivity contribution >= 4 is 21.1 Å². The molecule has 126 valence electrons. The highest BCUT2D eigenvalue weighted by Gasteiger charge is 2.15. The molecule has 0 atom stereocenters. The Kier molecular flexibility index (Phi) is 4.55. The number of hydrogen-bond donors (Lipinski definition) is 1. The summed E-state index contributed by atoms with van der Waals surface area (Å²) in [5.41, 5.74) is 2.51. The zero-order valence-corrected chi connectivity index (χ0v) is 14.4. The molecule has 0 aliphatic heterocycles. The third-order valence-corrected chi connectivity index (χ3v) is 5.34. The Bertz CT molecular complexity index is 964. The number of methoxy groups -OCH3 is 1. The predicted octanol–water partition coefficient (Wildman–Crippen LogP) is 2.10. The number of fused-ring (bicyclic) bond motifs is 1. The molecular formula is C17H19N3O3S. The molecule has 3 rings (SSSR count). The van der Waals surface area contributed by atoms with Crippen LogP contribution in [0.25, 0.3) is 11.0 Å². The average Bonchev–Trinajstić information content (AvgIpc) is 2.96. The normalized spacial score (nSPS) is 11.8. The van der Waals surface area contributed by atoms with Crippen LogP contribution in [0.4, 0.5) is 0 Å². The van der Waals surface area contributed by atoms with Crippen molar-refractivity contribution in [3.63, 3.8) is 0 Å². The number of benzene rings is 2. The van der Waals surface area contributed by atoms with Crippen molar-refractivity contribution in [2.75, 3.05) is 13.7 Å². The Morgan fingerprint density at radius 1 is 1.21 bits per heavy atom. The topological polar surface area (TPSA) is 73.2 Å². The van der Waals surface area contributed by atoms with Crippen LogP contribution >= 0.6 is 0 Å². The minimum atomic E-state index is -3.57. The van der Waals surface area contributed by atoms with Gasteiger partial charge < -0.3 is 9.30 Å². The second kappa shape index (κ2) is 6.62. The number of rotatable bonds is 6. The largest absolute Gasteiger partial charge is 0.496 e. The van der Waals surface area contributed by atoms with Crippen LogP contribution in [0.3, 0.4) is 0 Å². The monoisotopic (exact) mass is 345 g/mol. The number of aryl methyl sites for hydroxylation is 1. The Balaban J connectivity index is 1.73. The Morgan fingerprint density at radius 2 is 2.00 bits per heavy atom. The van der Waals surface area contributed by atoms with Gasteiger partial charge in [-0.2, -0.15) is 0 Å². The molecule has 0 fully saturated rings. The fourth-order valence-electron chi connectivity index (χ4n) is 2.60. The van der Waals surface area contributed by atoms with Crippen LogP contribution in [0.5, 0.6) is 5.75 Å². The van der Waals surface area contributed by atoms with E-state index in [2.05, 4.69) is 9.71 Å². The van der Waals surface area contributed by atoms with E-state index in [1.807, 2.05) is 35.9 Å². The van der Waals surface area contributed by atoms with Gasteiger partial charge in [-0.1, -0.05) is 18.2 Å². The van der Waals surface area contributed by atoms with Gasteiger partial charge in [0.05, 0.1) is 29.4 Å². The van der Waals surface area contributed by atoms with Crippen LogP contribution in [0.15, 0.2) is 53.7 Å². The van der Waals surface area contributed by atoms with Crippen LogP contribution in [0.2, 0.25) is 0 Å². The lowest BCUT2D eigenvalue weighted by molar-refractivity contribution is 0.409. The number of nitrogens with zero attached hydrogens (tertiary/aromatic N) is 2. The minimum Gasteiger partial charge on any atom is -0.496 e. The van der Waals surface area contributed by atoms with E-state index in [1.165, 1.54) is 0 Å². The minimum absolute atomic E-state index is 0.216. The summed E-state index contributed by atoms with van der Waals surface area (Å²) in [5.74, 6) is 0.756. The maximum absolute atomic E-state index is 12.5. The van der Waals surface area contributed by atoms with E-state index in [-0.39, 0.29) is 4.90 Å². The highest BCUT2D eigenvalue weighted by atomic mass is 32.2. The van der Waals surface area contributed by atoms with Crippen LogP contribution in [0.1, 0.15) is 5.56 Å². The van der Waals surface area contributed by atoms with Gasteiger partial charge in [0.25, 0.3) is 0 Å². The number of sulfonamides is 1. The zero-order valence-electron chi connectivity index (χ0n) is 13.6. The summed E-state index contributed by atoms with van der Waals surface area (Å²) in [4.78, 5) is 4.41. The van der Waals surface area contributed by atoms with Gasteiger partial charge in [0.15, 0.2) is 0 Å². The van der Waals surface area contributed by atoms with Crippen molar-refractivity contribution in [2.24, 2.45) is 7.05 Å². The van der Waals surface area contributed by atoms with Crippen molar-refractivity contribution in [2.45, 2.75) is 11.3 Å². The van der Waals surface area contributed by atoms with Gasteiger partial charge in [0.1, 0.15) is 5.75 Å². The van der Waals surface area contributed by atoms with E-state index in [1.54, 1.807) is 31.6 Å². The fraction of sp³-hybridized carbons (Fsp3) is 0.235. The maximum Gasteiger partial charge on any atom is 0.240 e. The SMILES string of the molecule is COc1ccccc1CCNS(=O)(=O)c1ccc2c(c1)ncn2C. The van der Waals surface area contributed by atoms with E-state index in [0.29, 0.717) is 18.5 Å². The van der Waals surface area contributed by atoms with Crippen LogP contribution in [0, 0.1) is 0 Å². The molecule has 0 aliphatic rings. The maximum atomic E-state index is 12.5. The highest BCUT2D eigenvalue weighted by Crippen LogP contribution is 2.19. The van der Waals surface area contributed by atoms with Gasteiger partial charge in [0.2, 0.25) is 10.0 Å². The molecule has 0 aliphatic carbocycles. The van der Waals surface area contributed by atoms with E-state index < -0.39 is 10.0 Å². The van der Waals surface area contributed by atoms with Gasteiger partial charge in [-0.15, -0.1) is 0 Å². The molecular weight excluding hydrogens is 326 g/mol. The number of nitrogens with one attached hydrogen (secondary N) is 1. The van der Waals surface area contributed by atoms with Crippen molar-refractivity contribution < 1.29 is 13.2 Å². The summed E-state index contributed by atoms with van der Waals surface area (Å²) in [6.45, 7) is 0.295. The highest BCUT2D eigenvalue weighted by molar-refractivity contribution is 7.89. The smallest absolute Gasteiger partial charge is 0.240 e. The van der Waals surface area contributed by atoms with E-state index in [0.717, 1.165) is 16.8 Å². The van der Waals surface area contributed by atoms with Gasteiger partial charge in [0, 0.05) is 13.6 Å². The third-order valence-electron chi connectivity index (χ3n) is 3.89. The molecule has 0 amide bonds. The second-order valence-corrected chi connectivity index (χ2v) is 7.23. The molecule has 7 heteroatoms. The molecule has 0 spiro atoms. The standard InChI is InChI=1S/C17H19N3O3S/c1-20-12-18-15-11-14(7-8-16(15)20)24(21,22)19-10-9-13-5-3-4-6-17(13)23-2/h3-8,11-12,19H,9-10H2,1-2H3. The molecule has 0 saturated carbocycles. The number of para-hydroxylation sites is 1. The second-order valence-electron chi connectivity index (χ2n) is 5.47. The summed E-state index contributed by atoms with van der Waals surface area (Å²) in [5, 5.41) is 0. The van der Waals surface area contributed by atoms with Crippen LogP contribution < -0.4 is 9.46 Å². The summed E-state index contributed by atoms with van der Waals surface area (Å²) >= 11 is 0. The molecule has 1 N–H and O–H groups in total. The van der Waals surface area contributed by atoms with Crippen LogP contribution in [-0.2, 0) is 23.5 Å². The van der Waals surface area contributed by atoms with Crippen LogP contribution in [-0.4, -0.2) is 31.6 Å². The van der Waals surface area contributed by atoms with Crippen molar-refractivity contribution in [1.82, 2.24) is 14.3 Å². The third kappa shape index (κ3) is 3.27. The molecule has 0 bridgehead atoms. The summed E-state index contributed by atoms with van der Waals surface area (Å²) in [6, 6.07) is 12.5. The molecule has 3 aromatic rings. The number of ether oxygens (including phenoxy) is 1. The van der Waals surface area contributed by atoms with E-state index in [9.17, 15) is 8.42 Å².